The monoisotopic (exact) mass is 776 g/mol. The fourth-order valence-corrected chi connectivity index (χ4v) is 7.65. The Morgan fingerprint density at radius 1 is 1.07 bits per heavy atom. The normalized spacial score (nSPS) is 15.0. The molecular weight excluding hydrogens is 750 g/mol. The number of allylic oxidation sites excluding steroid dienone is 1. The van der Waals surface area contributed by atoms with Gasteiger partial charge in [-0.3, -0.25) is 9.36 Å². The molecule has 0 fully saturated rings. The standard InChI is InChI=1S/C31H26I2N2O4S/c1-4-38-30(37)26-19(3)34-31-35(27(26)21-12-10-18(2)11-13-21)29(36)25(40-31)15-22-14-23(32)16-24(33)28(22)39-17-20-8-6-5-7-9-20/h5-16,27H,4,17H2,1-3H3/b25-15-/t27-/m0/s1. The predicted molar refractivity (Wildman–Crippen MR) is 174 cm³/mol. The van der Waals surface area contributed by atoms with Crippen LogP contribution in [0.25, 0.3) is 6.08 Å². The molecule has 0 saturated heterocycles. The number of ether oxygens (including phenoxy) is 2. The molecule has 0 spiro atoms. The Morgan fingerprint density at radius 2 is 1.80 bits per heavy atom. The summed E-state index contributed by atoms with van der Waals surface area (Å²) in [4.78, 5) is 32.4. The molecule has 40 heavy (non-hydrogen) atoms. The fourth-order valence-electron chi connectivity index (χ4n) is 4.57. The molecule has 5 rings (SSSR count). The van der Waals surface area contributed by atoms with Crippen molar-refractivity contribution in [2.75, 3.05) is 6.61 Å². The summed E-state index contributed by atoms with van der Waals surface area (Å²) in [6.07, 6.45) is 1.87. The number of aryl methyl sites for hydroxylation is 1. The second-order valence-electron chi connectivity index (χ2n) is 9.29. The molecule has 2 heterocycles. The van der Waals surface area contributed by atoms with Crippen LogP contribution in [0.4, 0.5) is 0 Å². The van der Waals surface area contributed by atoms with Crippen LogP contribution in [0.1, 0.15) is 42.1 Å². The molecule has 6 nitrogen and oxygen atoms in total. The topological polar surface area (TPSA) is 69.9 Å². The number of benzene rings is 3. The summed E-state index contributed by atoms with van der Waals surface area (Å²) < 4.78 is 15.8. The Labute approximate surface area is 263 Å². The van der Waals surface area contributed by atoms with Crippen molar-refractivity contribution in [1.29, 1.82) is 0 Å². The van der Waals surface area contributed by atoms with Gasteiger partial charge in [0.1, 0.15) is 12.4 Å². The van der Waals surface area contributed by atoms with E-state index < -0.39 is 12.0 Å². The Bertz CT molecular complexity index is 1790. The van der Waals surface area contributed by atoms with Crippen LogP contribution in [-0.2, 0) is 16.1 Å². The minimum Gasteiger partial charge on any atom is -0.487 e. The lowest BCUT2D eigenvalue weighted by atomic mass is 9.95. The Morgan fingerprint density at radius 3 is 2.50 bits per heavy atom. The van der Waals surface area contributed by atoms with E-state index in [1.165, 1.54) is 11.3 Å². The number of thiazole rings is 1. The van der Waals surface area contributed by atoms with Gasteiger partial charge in [0.2, 0.25) is 0 Å². The van der Waals surface area contributed by atoms with Crippen LogP contribution in [0.2, 0.25) is 0 Å². The minimum atomic E-state index is -0.636. The third-order valence-corrected chi connectivity index (χ3v) is 8.87. The van der Waals surface area contributed by atoms with Crippen molar-refractivity contribution in [2.45, 2.75) is 33.4 Å². The van der Waals surface area contributed by atoms with Gasteiger partial charge in [-0.1, -0.05) is 71.5 Å². The molecule has 0 amide bonds. The van der Waals surface area contributed by atoms with Gasteiger partial charge in [0.25, 0.3) is 5.56 Å². The number of esters is 1. The van der Waals surface area contributed by atoms with E-state index in [1.54, 1.807) is 18.4 Å². The van der Waals surface area contributed by atoms with Gasteiger partial charge in [0.05, 0.1) is 32.0 Å². The smallest absolute Gasteiger partial charge is 0.338 e. The third-order valence-electron chi connectivity index (χ3n) is 6.46. The molecule has 1 aliphatic heterocycles. The molecule has 4 aromatic rings. The molecule has 0 radical (unpaired) electrons. The van der Waals surface area contributed by atoms with E-state index in [4.69, 9.17) is 9.47 Å². The zero-order valence-corrected chi connectivity index (χ0v) is 27.2. The van der Waals surface area contributed by atoms with Crippen molar-refractivity contribution in [2.24, 2.45) is 4.99 Å². The number of hydrogen-bond donors (Lipinski definition) is 0. The quantitative estimate of drug-likeness (QED) is 0.174. The summed E-state index contributed by atoms with van der Waals surface area (Å²) in [5.41, 5.74) is 4.49. The van der Waals surface area contributed by atoms with Gasteiger partial charge in [-0.25, -0.2) is 9.79 Å². The number of nitrogens with zero attached hydrogens (tertiary/aromatic N) is 2. The first-order chi connectivity index (χ1) is 19.3. The summed E-state index contributed by atoms with van der Waals surface area (Å²) in [6.45, 7) is 6.21. The highest BCUT2D eigenvalue weighted by Gasteiger charge is 2.33. The summed E-state index contributed by atoms with van der Waals surface area (Å²) >= 11 is 5.85. The number of carbonyl (C=O) groups is 1. The van der Waals surface area contributed by atoms with Crippen LogP contribution >= 0.6 is 56.5 Å². The van der Waals surface area contributed by atoms with Crippen LogP contribution in [0.3, 0.4) is 0 Å². The van der Waals surface area contributed by atoms with Gasteiger partial charge in [-0.15, -0.1) is 0 Å². The van der Waals surface area contributed by atoms with Gasteiger partial charge in [-0.2, -0.15) is 0 Å². The summed E-state index contributed by atoms with van der Waals surface area (Å²) in [7, 11) is 0. The van der Waals surface area contributed by atoms with Crippen molar-refractivity contribution in [1.82, 2.24) is 4.57 Å². The Kier molecular flexibility index (Phi) is 8.91. The average Bonchev–Trinajstić information content (AvgIpc) is 3.22. The number of rotatable bonds is 7. The number of halogens is 2. The summed E-state index contributed by atoms with van der Waals surface area (Å²) in [5, 5.41) is 0. The maximum Gasteiger partial charge on any atom is 0.338 e. The molecule has 204 valence electrons. The number of aromatic nitrogens is 1. The van der Waals surface area contributed by atoms with E-state index in [-0.39, 0.29) is 12.2 Å². The van der Waals surface area contributed by atoms with Crippen molar-refractivity contribution in [3.8, 4) is 5.75 Å². The lowest BCUT2D eigenvalue weighted by Crippen LogP contribution is -2.39. The molecular formula is C31H26I2N2O4S. The third kappa shape index (κ3) is 5.96. The minimum absolute atomic E-state index is 0.216. The van der Waals surface area contributed by atoms with Crippen molar-refractivity contribution < 1.29 is 14.3 Å². The van der Waals surface area contributed by atoms with Gasteiger partial charge < -0.3 is 9.47 Å². The Hall–Kier alpha value is -2.77. The van der Waals surface area contributed by atoms with Gasteiger partial charge in [0.15, 0.2) is 4.80 Å². The van der Waals surface area contributed by atoms with Gasteiger partial charge >= 0.3 is 5.97 Å². The zero-order chi connectivity index (χ0) is 28.4. The highest BCUT2D eigenvalue weighted by Crippen LogP contribution is 2.32. The van der Waals surface area contributed by atoms with Crippen LogP contribution in [0, 0.1) is 14.1 Å². The first-order valence-electron chi connectivity index (χ1n) is 12.7. The molecule has 0 bridgehead atoms. The van der Waals surface area contributed by atoms with E-state index >= 15 is 0 Å². The van der Waals surface area contributed by atoms with E-state index in [2.05, 4.69) is 50.2 Å². The van der Waals surface area contributed by atoms with Crippen molar-refractivity contribution >= 4 is 68.6 Å². The molecule has 9 heteroatoms. The second kappa shape index (κ2) is 12.4. The molecule has 1 atom stereocenters. The SMILES string of the molecule is CCOC(=O)C1=C(C)N=c2s/c(=C\c3cc(I)cc(I)c3OCc3ccccc3)c(=O)n2[C@H]1c1ccc(C)cc1. The van der Waals surface area contributed by atoms with E-state index in [1.807, 2.05) is 79.7 Å². The number of hydrogen-bond acceptors (Lipinski definition) is 6. The largest absolute Gasteiger partial charge is 0.487 e. The van der Waals surface area contributed by atoms with E-state index in [0.29, 0.717) is 33.0 Å². The van der Waals surface area contributed by atoms with Gasteiger partial charge in [0, 0.05) is 9.13 Å². The number of carbonyl (C=O) groups excluding carboxylic acids is 1. The molecule has 1 aliphatic rings. The van der Waals surface area contributed by atoms with Crippen LogP contribution in [0.15, 0.2) is 87.8 Å². The first-order valence-corrected chi connectivity index (χ1v) is 15.7. The maximum absolute atomic E-state index is 14.0. The highest BCUT2D eigenvalue weighted by molar-refractivity contribution is 14.1. The fraction of sp³-hybridized carbons (Fsp3) is 0.194. The summed E-state index contributed by atoms with van der Waals surface area (Å²) in [5.74, 6) is 0.251. The molecule has 0 aliphatic carbocycles. The average molecular weight is 776 g/mol. The molecule has 0 unspecified atom stereocenters. The Balaban J connectivity index is 1.65. The van der Waals surface area contributed by atoms with E-state index in [9.17, 15) is 9.59 Å². The van der Waals surface area contributed by atoms with Crippen LogP contribution in [0.5, 0.6) is 5.75 Å². The summed E-state index contributed by atoms with van der Waals surface area (Å²) in [6, 6.07) is 21.3. The van der Waals surface area contributed by atoms with Gasteiger partial charge in [-0.05, 0) is 95.3 Å². The molecule has 0 saturated carbocycles. The molecule has 3 aromatic carbocycles. The molecule has 1 aromatic heterocycles. The lowest BCUT2D eigenvalue weighted by molar-refractivity contribution is -0.139. The lowest BCUT2D eigenvalue weighted by Gasteiger charge is -2.24. The predicted octanol–water partition coefficient (Wildman–Crippen LogP) is 5.89. The first kappa shape index (κ1) is 28.7. The maximum atomic E-state index is 14.0. The van der Waals surface area contributed by atoms with E-state index in [0.717, 1.165) is 29.4 Å². The highest BCUT2D eigenvalue weighted by atomic mass is 127. The van der Waals surface area contributed by atoms with Crippen LogP contribution in [-0.4, -0.2) is 17.1 Å². The van der Waals surface area contributed by atoms with Crippen molar-refractivity contribution in [3.63, 3.8) is 0 Å². The zero-order valence-electron chi connectivity index (χ0n) is 22.1. The van der Waals surface area contributed by atoms with Crippen molar-refractivity contribution in [3.05, 3.63) is 127 Å². The number of fused-ring (bicyclic) bond motifs is 1. The van der Waals surface area contributed by atoms with Crippen LogP contribution < -0.4 is 19.6 Å². The second-order valence-corrected chi connectivity index (χ2v) is 12.7. The molecule has 0 N–H and O–H groups in total.